The van der Waals surface area contributed by atoms with Crippen molar-refractivity contribution in [2.45, 2.75) is 13.5 Å². The van der Waals surface area contributed by atoms with Crippen LogP contribution in [0.5, 0.6) is 0 Å². The molecule has 0 bridgehead atoms. The molecule has 3 aromatic rings. The van der Waals surface area contributed by atoms with Crippen LogP contribution in [0.4, 0.5) is 4.39 Å². The fourth-order valence-electron chi connectivity index (χ4n) is 2.27. The topological polar surface area (TPSA) is 56.7 Å². The third kappa shape index (κ3) is 2.43. The van der Waals surface area contributed by atoms with Crippen molar-refractivity contribution < 1.29 is 4.39 Å². The third-order valence-electron chi connectivity index (χ3n) is 3.29. The molecule has 0 aliphatic heterocycles. The van der Waals surface area contributed by atoms with Crippen molar-refractivity contribution in [2.75, 3.05) is 0 Å². The van der Waals surface area contributed by atoms with Crippen molar-refractivity contribution in [3.8, 4) is 17.1 Å². The molecule has 21 heavy (non-hydrogen) atoms. The van der Waals surface area contributed by atoms with E-state index in [4.69, 9.17) is 5.73 Å². The van der Waals surface area contributed by atoms with Crippen LogP contribution in [0, 0.1) is 12.7 Å². The van der Waals surface area contributed by atoms with Crippen LogP contribution < -0.4 is 5.73 Å². The van der Waals surface area contributed by atoms with Gasteiger partial charge < -0.3 is 5.73 Å². The van der Waals surface area contributed by atoms with Gasteiger partial charge in [0.15, 0.2) is 11.6 Å². The molecule has 0 atom stereocenters. The second-order valence-electron chi connectivity index (χ2n) is 4.80. The summed E-state index contributed by atoms with van der Waals surface area (Å²) in [4.78, 5) is 0. The molecule has 0 saturated heterocycles. The first kappa shape index (κ1) is 13.5. The molecule has 2 aromatic carbocycles. The molecule has 0 radical (unpaired) electrons. The quantitative estimate of drug-likeness (QED) is 0.803. The molecule has 0 unspecified atom stereocenters. The summed E-state index contributed by atoms with van der Waals surface area (Å²) in [6.45, 7) is 2.08. The summed E-state index contributed by atoms with van der Waals surface area (Å²) >= 11 is 0. The van der Waals surface area contributed by atoms with Gasteiger partial charge in [-0.3, -0.25) is 4.57 Å². The number of hydrogen-bond donors (Lipinski definition) is 1. The van der Waals surface area contributed by atoms with Gasteiger partial charge >= 0.3 is 0 Å². The summed E-state index contributed by atoms with van der Waals surface area (Å²) in [6, 6.07) is 14.6. The number of nitrogens with two attached hydrogens (primary N) is 1. The van der Waals surface area contributed by atoms with Crippen LogP contribution in [0.3, 0.4) is 0 Å². The molecule has 5 heteroatoms. The van der Waals surface area contributed by atoms with Crippen molar-refractivity contribution in [2.24, 2.45) is 5.73 Å². The predicted octanol–water partition coefficient (Wildman–Crippen LogP) is 2.84. The van der Waals surface area contributed by atoms with E-state index in [1.54, 1.807) is 10.6 Å². The second kappa shape index (κ2) is 5.46. The van der Waals surface area contributed by atoms with Gasteiger partial charge in [-0.15, -0.1) is 10.2 Å². The van der Waals surface area contributed by atoms with Gasteiger partial charge in [0.25, 0.3) is 0 Å². The average Bonchev–Trinajstić information content (AvgIpc) is 2.92. The lowest BCUT2D eigenvalue weighted by atomic mass is 10.1. The van der Waals surface area contributed by atoms with Crippen LogP contribution >= 0.6 is 0 Å². The van der Waals surface area contributed by atoms with Gasteiger partial charge in [-0.1, -0.05) is 24.3 Å². The van der Waals surface area contributed by atoms with Gasteiger partial charge in [0.2, 0.25) is 0 Å². The first-order chi connectivity index (χ1) is 10.2. The minimum absolute atomic E-state index is 0.232. The van der Waals surface area contributed by atoms with E-state index >= 15 is 0 Å². The number of para-hydroxylation sites is 1. The highest BCUT2D eigenvalue weighted by Crippen LogP contribution is 2.25. The number of rotatable bonds is 3. The van der Waals surface area contributed by atoms with Gasteiger partial charge in [-0.2, -0.15) is 0 Å². The largest absolute Gasteiger partial charge is 0.324 e. The molecule has 0 aliphatic rings. The SMILES string of the molecule is Cc1ccc(-c2nnc(CN)n2-c2ccccc2)c(F)c1. The lowest BCUT2D eigenvalue weighted by Crippen LogP contribution is -2.08. The Morgan fingerprint density at radius 1 is 1.10 bits per heavy atom. The number of hydrogen-bond acceptors (Lipinski definition) is 3. The molecule has 2 N–H and O–H groups in total. The molecule has 3 rings (SSSR count). The molecule has 0 spiro atoms. The van der Waals surface area contributed by atoms with Crippen LogP contribution in [0.25, 0.3) is 17.1 Å². The van der Waals surface area contributed by atoms with E-state index in [0.29, 0.717) is 17.2 Å². The Kier molecular flexibility index (Phi) is 3.50. The second-order valence-corrected chi connectivity index (χ2v) is 4.80. The molecule has 106 valence electrons. The zero-order valence-electron chi connectivity index (χ0n) is 11.6. The van der Waals surface area contributed by atoms with E-state index in [0.717, 1.165) is 11.3 Å². The standard InChI is InChI=1S/C16H15FN4/c1-11-7-8-13(14(17)9-11)16-20-19-15(10-18)21(16)12-5-3-2-4-6-12/h2-9H,10,18H2,1H3. The fraction of sp³-hybridized carbons (Fsp3) is 0.125. The molecule has 0 aliphatic carbocycles. The van der Waals surface area contributed by atoms with Crippen molar-refractivity contribution in [3.05, 3.63) is 65.7 Å². The van der Waals surface area contributed by atoms with Crippen LogP contribution in [0.2, 0.25) is 0 Å². The summed E-state index contributed by atoms with van der Waals surface area (Å²) in [5, 5.41) is 8.19. The summed E-state index contributed by atoms with van der Waals surface area (Å²) < 4.78 is 16.0. The zero-order valence-corrected chi connectivity index (χ0v) is 11.6. The Hall–Kier alpha value is -2.53. The van der Waals surface area contributed by atoms with E-state index < -0.39 is 0 Å². The lowest BCUT2D eigenvalue weighted by Gasteiger charge is -2.10. The van der Waals surface area contributed by atoms with E-state index in [1.807, 2.05) is 43.3 Å². The summed E-state index contributed by atoms with van der Waals surface area (Å²) in [5.74, 6) is 0.735. The normalized spacial score (nSPS) is 10.8. The molecule has 1 heterocycles. The number of aryl methyl sites for hydroxylation is 1. The first-order valence-electron chi connectivity index (χ1n) is 6.67. The number of halogens is 1. The third-order valence-corrected chi connectivity index (χ3v) is 3.29. The number of nitrogens with zero attached hydrogens (tertiary/aromatic N) is 3. The Morgan fingerprint density at radius 3 is 2.52 bits per heavy atom. The van der Waals surface area contributed by atoms with Gasteiger partial charge in [0, 0.05) is 5.69 Å². The summed E-state index contributed by atoms with van der Waals surface area (Å²) in [5.41, 5.74) is 7.86. The summed E-state index contributed by atoms with van der Waals surface area (Å²) in [7, 11) is 0. The van der Waals surface area contributed by atoms with Crippen LogP contribution in [-0.4, -0.2) is 14.8 Å². The van der Waals surface area contributed by atoms with Gasteiger partial charge in [0.05, 0.1) is 12.1 Å². The Labute approximate surface area is 122 Å². The van der Waals surface area contributed by atoms with Crippen molar-refractivity contribution in [1.82, 2.24) is 14.8 Å². The highest BCUT2D eigenvalue weighted by atomic mass is 19.1. The molecule has 0 fully saturated rings. The van der Waals surface area contributed by atoms with E-state index in [1.165, 1.54) is 6.07 Å². The number of benzene rings is 2. The minimum Gasteiger partial charge on any atom is -0.324 e. The van der Waals surface area contributed by atoms with E-state index in [-0.39, 0.29) is 12.4 Å². The van der Waals surface area contributed by atoms with E-state index in [9.17, 15) is 4.39 Å². The molecule has 1 aromatic heterocycles. The maximum absolute atomic E-state index is 14.2. The highest BCUT2D eigenvalue weighted by molar-refractivity contribution is 5.60. The minimum atomic E-state index is -0.317. The number of aromatic nitrogens is 3. The molecular formula is C16H15FN4. The maximum atomic E-state index is 14.2. The van der Waals surface area contributed by atoms with Gasteiger partial charge in [-0.05, 0) is 36.8 Å². The predicted molar refractivity (Wildman–Crippen MR) is 79.4 cm³/mol. The molecule has 4 nitrogen and oxygen atoms in total. The average molecular weight is 282 g/mol. The summed E-state index contributed by atoms with van der Waals surface area (Å²) in [6.07, 6.45) is 0. The molecule has 0 amide bonds. The van der Waals surface area contributed by atoms with Crippen LogP contribution in [0.15, 0.2) is 48.5 Å². The fourth-order valence-corrected chi connectivity index (χ4v) is 2.27. The highest BCUT2D eigenvalue weighted by Gasteiger charge is 2.17. The Balaban J connectivity index is 2.22. The molecular weight excluding hydrogens is 267 g/mol. The zero-order chi connectivity index (χ0) is 14.8. The van der Waals surface area contributed by atoms with Crippen LogP contribution in [0.1, 0.15) is 11.4 Å². The maximum Gasteiger partial charge on any atom is 0.171 e. The van der Waals surface area contributed by atoms with E-state index in [2.05, 4.69) is 10.2 Å². The monoisotopic (exact) mass is 282 g/mol. The van der Waals surface area contributed by atoms with Gasteiger partial charge in [0.1, 0.15) is 5.82 Å². The molecule has 0 saturated carbocycles. The van der Waals surface area contributed by atoms with Crippen molar-refractivity contribution in [1.29, 1.82) is 0 Å². The van der Waals surface area contributed by atoms with Crippen molar-refractivity contribution >= 4 is 0 Å². The Morgan fingerprint density at radius 2 is 1.86 bits per heavy atom. The van der Waals surface area contributed by atoms with Crippen LogP contribution in [-0.2, 0) is 6.54 Å². The van der Waals surface area contributed by atoms with Gasteiger partial charge in [-0.25, -0.2) is 4.39 Å². The first-order valence-corrected chi connectivity index (χ1v) is 6.67. The lowest BCUT2D eigenvalue weighted by molar-refractivity contribution is 0.628. The Bertz CT molecular complexity index is 765. The van der Waals surface area contributed by atoms with Crippen molar-refractivity contribution in [3.63, 3.8) is 0 Å². The smallest absolute Gasteiger partial charge is 0.171 e.